The first-order chi connectivity index (χ1) is 9.75. The minimum atomic E-state index is -0.618. The molecule has 1 saturated carbocycles. The molecule has 5 nitrogen and oxygen atoms in total. The first kappa shape index (κ1) is 14.8. The monoisotopic (exact) mass is 277 g/mol. The molecule has 2 rings (SSSR count). The van der Waals surface area contributed by atoms with Crippen LogP contribution in [0, 0.1) is 5.92 Å². The van der Waals surface area contributed by atoms with E-state index in [0.29, 0.717) is 12.5 Å². The number of carbonyl (C=O) groups excluding carboxylic acids is 1. The summed E-state index contributed by atoms with van der Waals surface area (Å²) in [6, 6.07) is 9.13. The Morgan fingerprint density at radius 1 is 1.25 bits per heavy atom. The quantitative estimate of drug-likeness (QED) is 0.552. The number of urea groups is 1. The number of nitrogens with two attached hydrogens (primary N) is 1. The van der Waals surface area contributed by atoms with Crippen molar-refractivity contribution in [3.63, 3.8) is 0 Å². The number of hydrogen-bond donors (Lipinski definition) is 3. The lowest BCUT2D eigenvalue weighted by Gasteiger charge is -2.25. The standard InChI is InChI=1S/C15H23N3O2/c16-15(19)18-17-14(13-9-5-2-6-10-13)20-11-12-7-3-1-4-8-12/h2,5-6,9-10,12,14,17H,1,3-4,7-8,11H2,(H3,16,18,19). The molecule has 0 bridgehead atoms. The summed E-state index contributed by atoms with van der Waals surface area (Å²) in [5.74, 6) is 0.616. The second-order valence-corrected chi connectivity index (χ2v) is 5.26. The molecule has 1 aromatic carbocycles. The number of rotatable bonds is 6. The Balaban J connectivity index is 1.89. The number of hydrazine groups is 1. The van der Waals surface area contributed by atoms with Gasteiger partial charge in [-0.2, -0.15) is 0 Å². The van der Waals surface area contributed by atoms with E-state index in [1.54, 1.807) is 0 Å². The van der Waals surface area contributed by atoms with Gasteiger partial charge in [0.25, 0.3) is 0 Å². The molecule has 0 saturated heterocycles. The first-order valence-electron chi connectivity index (χ1n) is 7.23. The molecule has 1 aliphatic rings. The fourth-order valence-corrected chi connectivity index (χ4v) is 2.57. The largest absolute Gasteiger partial charge is 0.357 e. The summed E-state index contributed by atoms with van der Waals surface area (Å²) in [5, 5.41) is 0. The van der Waals surface area contributed by atoms with Crippen molar-refractivity contribution in [1.29, 1.82) is 0 Å². The molecule has 1 aromatic rings. The van der Waals surface area contributed by atoms with Gasteiger partial charge in [-0.25, -0.2) is 10.2 Å². The van der Waals surface area contributed by atoms with Crippen molar-refractivity contribution < 1.29 is 9.53 Å². The number of nitrogens with one attached hydrogen (secondary N) is 2. The van der Waals surface area contributed by atoms with E-state index in [4.69, 9.17) is 10.5 Å². The minimum absolute atomic E-state index is 0.370. The van der Waals surface area contributed by atoms with Gasteiger partial charge in [-0.1, -0.05) is 49.6 Å². The van der Waals surface area contributed by atoms with Crippen LogP contribution in [0.1, 0.15) is 43.9 Å². The van der Waals surface area contributed by atoms with Crippen molar-refractivity contribution in [3.05, 3.63) is 35.9 Å². The predicted octanol–water partition coefficient (Wildman–Crippen LogP) is 2.46. The molecule has 0 aromatic heterocycles. The SMILES string of the molecule is NC(=O)NNC(OCC1CCCCC1)c1ccccc1. The smallest absolute Gasteiger partial charge is 0.326 e. The maximum atomic E-state index is 10.8. The highest BCUT2D eigenvalue weighted by molar-refractivity contribution is 5.70. The molecule has 0 radical (unpaired) electrons. The maximum absolute atomic E-state index is 10.8. The molecule has 0 aliphatic heterocycles. The molecule has 1 unspecified atom stereocenters. The molecule has 4 N–H and O–H groups in total. The molecule has 0 heterocycles. The third-order valence-corrected chi connectivity index (χ3v) is 3.65. The fraction of sp³-hybridized carbons (Fsp3) is 0.533. The van der Waals surface area contributed by atoms with E-state index in [9.17, 15) is 4.79 Å². The zero-order valence-electron chi connectivity index (χ0n) is 11.7. The van der Waals surface area contributed by atoms with Gasteiger partial charge in [-0.3, -0.25) is 5.43 Å². The van der Waals surface area contributed by atoms with Crippen molar-refractivity contribution in [3.8, 4) is 0 Å². The van der Waals surface area contributed by atoms with Crippen LogP contribution in [0.4, 0.5) is 4.79 Å². The first-order valence-corrected chi connectivity index (χ1v) is 7.23. The predicted molar refractivity (Wildman–Crippen MR) is 77.6 cm³/mol. The summed E-state index contributed by atoms with van der Waals surface area (Å²) in [6.45, 7) is 0.701. The average Bonchev–Trinajstić information content (AvgIpc) is 2.49. The van der Waals surface area contributed by atoms with Gasteiger partial charge in [-0.05, 0) is 24.3 Å². The fourth-order valence-electron chi connectivity index (χ4n) is 2.57. The van der Waals surface area contributed by atoms with E-state index >= 15 is 0 Å². The Morgan fingerprint density at radius 2 is 1.95 bits per heavy atom. The molecular weight excluding hydrogens is 254 g/mol. The third-order valence-electron chi connectivity index (χ3n) is 3.65. The third kappa shape index (κ3) is 4.83. The van der Waals surface area contributed by atoms with Gasteiger partial charge in [0.2, 0.25) is 0 Å². The summed E-state index contributed by atoms with van der Waals surface area (Å²) in [7, 11) is 0. The van der Waals surface area contributed by atoms with Gasteiger partial charge >= 0.3 is 6.03 Å². The molecule has 2 amide bonds. The van der Waals surface area contributed by atoms with Crippen LogP contribution in [0.3, 0.4) is 0 Å². The lowest BCUT2D eigenvalue weighted by Crippen LogP contribution is -2.44. The molecule has 5 heteroatoms. The highest BCUT2D eigenvalue weighted by Gasteiger charge is 2.17. The van der Waals surface area contributed by atoms with Gasteiger partial charge in [-0.15, -0.1) is 0 Å². The van der Waals surface area contributed by atoms with E-state index in [1.165, 1.54) is 32.1 Å². The summed E-state index contributed by atoms with van der Waals surface area (Å²) in [4.78, 5) is 10.8. The average molecular weight is 277 g/mol. The molecular formula is C15H23N3O2. The summed E-state index contributed by atoms with van der Waals surface area (Å²) in [5.41, 5.74) is 11.3. The van der Waals surface area contributed by atoms with Crippen molar-refractivity contribution in [2.24, 2.45) is 11.7 Å². The summed E-state index contributed by atoms with van der Waals surface area (Å²) < 4.78 is 5.94. The minimum Gasteiger partial charge on any atom is -0.357 e. The zero-order chi connectivity index (χ0) is 14.2. The summed E-state index contributed by atoms with van der Waals surface area (Å²) >= 11 is 0. The lowest BCUT2D eigenvalue weighted by molar-refractivity contribution is -0.00593. The zero-order valence-corrected chi connectivity index (χ0v) is 11.7. The molecule has 110 valence electrons. The number of benzene rings is 1. The van der Waals surface area contributed by atoms with Crippen molar-refractivity contribution in [2.75, 3.05) is 6.61 Å². The molecule has 1 atom stereocenters. The van der Waals surface area contributed by atoms with Gasteiger partial charge < -0.3 is 10.5 Å². The number of ether oxygens (including phenoxy) is 1. The molecule has 1 fully saturated rings. The van der Waals surface area contributed by atoms with Crippen LogP contribution in [0.5, 0.6) is 0 Å². The van der Waals surface area contributed by atoms with Crippen LogP contribution in [-0.2, 0) is 4.74 Å². The van der Waals surface area contributed by atoms with Crippen LogP contribution >= 0.6 is 0 Å². The van der Waals surface area contributed by atoms with E-state index in [1.807, 2.05) is 30.3 Å². The second-order valence-electron chi connectivity index (χ2n) is 5.26. The van der Waals surface area contributed by atoms with Crippen molar-refractivity contribution >= 4 is 6.03 Å². The van der Waals surface area contributed by atoms with E-state index in [2.05, 4.69) is 10.9 Å². The molecule has 20 heavy (non-hydrogen) atoms. The maximum Gasteiger partial charge on any atom is 0.326 e. The van der Waals surface area contributed by atoms with E-state index in [0.717, 1.165) is 5.56 Å². The Hall–Kier alpha value is -1.59. The van der Waals surface area contributed by atoms with E-state index in [-0.39, 0.29) is 6.23 Å². The molecule has 1 aliphatic carbocycles. The highest BCUT2D eigenvalue weighted by Crippen LogP contribution is 2.25. The van der Waals surface area contributed by atoms with Gasteiger partial charge in [0.1, 0.15) is 0 Å². The Bertz CT molecular complexity index is 405. The highest BCUT2D eigenvalue weighted by atomic mass is 16.5. The van der Waals surface area contributed by atoms with Crippen molar-refractivity contribution in [2.45, 2.75) is 38.3 Å². The van der Waals surface area contributed by atoms with Gasteiger partial charge in [0.15, 0.2) is 6.23 Å². The summed E-state index contributed by atoms with van der Waals surface area (Å²) in [6.07, 6.45) is 5.99. The van der Waals surface area contributed by atoms with Crippen LogP contribution < -0.4 is 16.6 Å². The molecule has 0 spiro atoms. The lowest BCUT2D eigenvalue weighted by atomic mass is 9.90. The van der Waals surface area contributed by atoms with E-state index < -0.39 is 6.03 Å². The number of primary amides is 1. The van der Waals surface area contributed by atoms with Crippen LogP contribution in [0.15, 0.2) is 30.3 Å². The number of carbonyl (C=O) groups is 1. The van der Waals surface area contributed by atoms with Gasteiger partial charge in [0.05, 0.1) is 6.61 Å². The number of hydrogen-bond acceptors (Lipinski definition) is 3. The normalized spacial score (nSPS) is 17.6. The second kappa shape index (κ2) is 7.87. The van der Waals surface area contributed by atoms with Crippen molar-refractivity contribution in [1.82, 2.24) is 10.9 Å². The van der Waals surface area contributed by atoms with Crippen LogP contribution in [0.2, 0.25) is 0 Å². The van der Waals surface area contributed by atoms with Gasteiger partial charge in [0, 0.05) is 0 Å². The number of amides is 2. The topological polar surface area (TPSA) is 76.4 Å². The Labute approximate surface area is 119 Å². The Kier molecular flexibility index (Phi) is 5.83. The van der Waals surface area contributed by atoms with Crippen LogP contribution in [-0.4, -0.2) is 12.6 Å². The van der Waals surface area contributed by atoms with Crippen LogP contribution in [0.25, 0.3) is 0 Å². The Morgan fingerprint density at radius 3 is 2.60 bits per heavy atom.